The summed E-state index contributed by atoms with van der Waals surface area (Å²) in [6.45, 7) is 3.19. The first-order valence-corrected chi connectivity index (χ1v) is 5.94. The fraction of sp³-hybridized carbons (Fsp3) is 0.300. The number of nitrogens with one attached hydrogen (secondary N) is 1. The molecule has 0 atom stereocenters. The molecule has 0 aromatic heterocycles. The Hall–Kier alpha value is -1.54. The second-order valence-electron chi connectivity index (χ2n) is 3.30. The highest BCUT2D eigenvalue weighted by Gasteiger charge is 2.15. The van der Waals surface area contributed by atoms with Crippen LogP contribution in [0.2, 0.25) is 0 Å². The minimum atomic E-state index is -3.32. The average Bonchev–Trinajstić information content (AvgIpc) is 2.18. The van der Waals surface area contributed by atoms with Crippen molar-refractivity contribution in [3.8, 4) is 6.07 Å². The maximum absolute atomic E-state index is 11.5. The molecule has 0 aliphatic rings. The van der Waals surface area contributed by atoms with Crippen LogP contribution in [0.15, 0.2) is 18.2 Å². The molecule has 0 unspecified atom stereocenters. The van der Waals surface area contributed by atoms with Crippen molar-refractivity contribution in [1.82, 2.24) is 0 Å². The first-order chi connectivity index (χ1) is 6.95. The van der Waals surface area contributed by atoms with E-state index >= 15 is 0 Å². The molecule has 0 saturated carbocycles. The first-order valence-electron chi connectivity index (χ1n) is 4.39. The third-order valence-corrected chi connectivity index (χ3v) is 3.58. The molecule has 5 heteroatoms. The number of benzene rings is 1. The number of nitrogens with zero attached hydrogens (tertiary/aromatic N) is 1. The van der Waals surface area contributed by atoms with Crippen LogP contribution < -0.4 is 4.72 Å². The van der Waals surface area contributed by atoms with E-state index in [2.05, 4.69) is 10.8 Å². The van der Waals surface area contributed by atoms with Gasteiger partial charge in [-0.25, -0.2) is 8.42 Å². The normalized spacial score (nSPS) is 11.1. The number of rotatable bonds is 3. The van der Waals surface area contributed by atoms with Crippen LogP contribution in [0.1, 0.15) is 19.4 Å². The van der Waals surface area contributed by atoms with E-state index in [1.165, 1.54) is 18.2 Å². The second kappa shape index (κ2) is 4.32. The SMILES string of the molecule is CC(C)S(=O)(=O)Nc1c[c]c(C#N)cc1. The Kier molecular flexibility index (Phi) is 3.32. The lowest BCUT2D eigenvalue weighted by molar-refractivity contribution is 0.593. The monoisotopic (exact) mass is 223 g/mol. The molecular formula is C10H11N2O2S. The number of sulfonamides is 1. The third-order valence-electron chi connectivity index (χ3n) is 1.81. The van der Waals surface area contributed by atoms with E-state index in [0.29, 0.717) is 11.3 Å². The van der Waals surface area contributed by atoms with Gasteiger partial charge in [0.25, 0.3) is 0 Å². The minimum Gasteiger partial charge on any atom is -0.283 e. The van der Waals surface area contributed by atoms with E-state index in [-0.39, 0.29) is 0 Å². The highest BCUT2D eigenvalue weighted by atomic mass is 32.2. The number of anilines is 1. The summed E-state index contributed by atoms with van der Waals surface area (Å²) in [6, 6.07) is 9.06. The Morgan fingerprint density at radius 1 is 1.47 bits per heavy atom. The van der Waals surface area contributed by atoms with Crippen LogP contribution in [-0.4, -0.2) is 13.7 Å². The summed E-state index contributed by atoms with van der Waals surface area (Å²) in [5.41, 5.74) is 0.796. The summed E-state index contributed by atoms with van der Waals surface area (Å²) in [4.78, 5) is 0. The third kappa shape index (κ3) is 2.96. The quantitative estimate of drug-likeness (QED) is 0.844. The smallest absolute Gasteiger partial charge is 0.235 e. The maximum Gasteiger partial charge on any atom is 0.235 e. The summed E-state index contributed by atoms with van der Waals surface area (Å²) in [7, 11) is -3.32. The van der Waals surface area contributed by atoms with Gasteiger partial charge in [-0.2, -0.15) is 5.26 Å². The summed E-state index contributed by atoms with van der Waals surface area (Å²) >= 11 is 0. The molecular weight excluding hydrogens is 212 g/mol. The highest BCUT2D eigenvalue weighted by Crippen LogP contribution is 2.12. The van der Waals surface area contributed by atoms with Gasteiger partial charge < -0.3 is 0 Å². The molecule has 0 fully saturated rings. The van der Waals surface area contributed by atoms with Crippen molar-refractivity contribution in [2.75, 3.05) is 4.72 Å². The number of hydrogen-bond acceptors (Lipinski definition) is 3. The zero-order valence-corrected chi connectivity index (χ0v) is 9.30. The van der Waals surface area contributed by atoms with E-state index in [0.717, 1.165) is 0 Å². The van der Waals surface area contributed by atoms with E-state index < -0.39 is 15.3 Å². The predicted molar refractivity (Wildman–Crippen MR) is 57.7 cm³/mol. The Morgan fingerprint density at radius 2 is 2.13 bits per heavy atom. The van der Waals surface area contributed by atoms with Crippen LogP contribution in [0.25, 0.3) is 0 Å². The Morgan fingerprint density at radius 3 is 2.53 bits per heavy atom. The lowest BCUT2D eigenvalue weighted by Gasteiger charge is -2.10. The van der Waals surface area contributed by atoms with Gasteiger partial charge in [-0.1, -0.05) is 0 Å². The second-order valence-corrected chi connectivity index (χ2v) is 5.54. The molecule has 1 rings (SSSR count). The van der Waals surface area contributed by atoms with Gasteiger partial charge in [-0.3, -0.25) is 4.72 Å². The van der Waals surface area contributed by atoms with Crippen LogP contribution in [0, 0.1) is 17.4 Å². The van der Waals surface area contributed by atoms with Gasteiger partial charge in [0.05, 0.1) is 16.9 Å². The summed E-state index contributed by atoms with van der Waals surface area (Å²) in [5.74, 6) is 0. The lowest BCUT2D eigenvalue weighted by Crippen LogP contribution is -2.22. The Bertz CT molecular complexity index is 469. The number of nitriles is 1. The molecule has 0 aliphatic carbocycles. The molecule has 1 aromatic carbocycles. The standard InChI is InChI=1S/C10H11N2O2S/c1-8(2)15(13,14)12-10-5-3-9(7-11)4-6-10/h3,5-6,8,12H,1-2H3. The average molecular weight is 223 g/mol. The summed E-state index contributed by atoms with van der Waals surface area (Å²) in [5, 5.41) is 8.04. The van der Waals surface area contributed by atoms with Crippen molar-refractivity contribution in [2.24, 2.45) is 0 Å². The fourth-order valence-corrected chi connectivity index (χ4v) is 1.53. The summed E-state index contributed by atoms with van der Waals surface area (Å²) in [6.07, 6.45) is 0. The molecule has 1 N–H and O–H groups in total. The van der Waals surface area contributed by atoms with Gasteiger partial charge in [0.15, 0.2) is 0 Å². The van der Waals surface area contributed by atoms with Crippen molar-refractivity contribution in [1.29, 1.82) is 5.26 Å². The van der Waals surface area contributed by atoms with Crippen LogP contribution in [0.5, 0.6) is 0 Å². The molecule has 15 heavy (non-hydrogen) atoms. The van der Waals surface area contributed by atoms with Crippen LogP contribution >= 0.6 is 0 Å². The van der Waals surface area contributed by atoms with Gasteiger partial charge in [0.2, 0.25) is 10.0 Å². The molecule has 0 spiro atoms. The van der Waals surface area contributed by atoms with E-state index in [1.807, 2.05) is 6.07 Å². The molecule has 0 heterocycles. The van der Waals surface area contributed by atoms with Crippen molar-refractivity contribution in [3.63, 3.8) is 0 Å². The summed E-state index contributed by atoms with van der Waals surface area (Å²) < 4.78 is 25.3. The largest absolute Gasteiger partial charge is 0.283 e. The van der Waals surface area contributed by atoms with Crippen molar-refractivity contribution in [2.45, 2.75) is 19.1 Å². The number of hydrogen-bond donors (Lipinski definition) is 1. The fourth-order valence-electron chi connectivity index (χ4n) is 0.840. The van der Waals surface area contributed by atoms with Crippen LogP contribution in [0.3, 0.4) is 0 Å². The Balaban J connectivity index is 2.88. The van der Waals surface area contributed by atoms with E-state index in [4.69, 9.17) is 5.26 Å². The first kappa shape index (κ1) is 11.5. The van der Waals surface area contributed by atoms with Gasteiger partial charge in [-0.05, 0) is 32.0 Å². The molecule has 79 valence electrons. The lowest BCUT2D eigenvalue weighted by atomic mass is 10.2. The Labute approximate surface area is 89.6 Å². The molecule has 0 bridgehead atoms. The zero-order valence-electron chi connectivity index (χ0n) is 8.48. The molecule has 1 radical (unpaired) electrons. The van der Waals surface area contributed by atoms with E-state index in [1.54, 1.807) is 13.8 Å². The van der Waals surface area contributed by atoms with Crippen LogP contribution in [-0.2, 0) is 10.0 Å². The topological polar surface area (TPSA) is 70.0 Å². The van der Waals surface area contributed by atoms with Gasteiger partial charge in [0, 0.05) is 11.8 Å². The molecule has 4 nitrogen and oxygen atoms in total. The van der Waals surface area contributed by atoms with Gasteiger partial charge in [0.1, 0.15) is 0 Å². The zero-order chi connectivity index (χ0) is 11.5. The van der Waals surface area contributed by atoms with Crippen LogP contribution in [0.4, 0.5) is 5.69 Å². The predicted octanol–water partition coefficient (Wildman–Crippen LogP) is 1.51. The molecule has 0 saturated heterocycles. The van der Waals surface area contributed by atoms with Crippen molar-refractivity contribution in [3.05, 3.63) is 29.8 Å². The molecule has 0 aliphatic heterocycles. The van der Waals surface area contributed by atoms with Gasteiger partial charge in [-0.15, -0.1) is 0 Å². The molecule has 1 aromatic rings. The van der Waals surface area contributed by atoms with Crippen molar-refractivity contribution < 1.29 is 8.42 Å². The molecule has 0 amide bonds. The minimum absolute atomic E-state index is 0.377. The highest BCUT2D eigenvalue weighted by molar-refractivity contribution is 7.93. The van der Waals surface area contributed by atoms with Crippen molar-refractivity contribution >= 4 is 15.7 Å². The van der Waals surface area contributed by atoms with Gasteiger partial charge >= 0.3 is 0 Å². The maximum atomic E-state index is 11.5. The van der Waals surface area contributed by atoms with E-state index in [9.17, 15) is 8.42 Å².